The van der Waals surface area contributed by atoms with Crippen LogP contribution in [0.2, 0.25) is 0 Å². The Morgan fingerprint density at radius 1 is 0.522 bits per heavy atom. The van der Waals surface area contributed by atoms with Gasteiger partial charge in [0.15, 0.2) is 0 Å². The van der Waals surface area contributed by atoms with E-state index in [0.29, 0.717) is 65.6 Å². The first-order valence-electron chi connectivity index (χ1n) is 20.6. The van der Waals surface area contributed by atoms with Crippen LogP contribution >= 0.6 is 0 Å². The first-order chi connectivity index (χ1) is 31.6. The average molecular weight is 933 g/mol. The summed E-state index contributed by atoms with van der Waals surface area (Å²) in [5.41, 5.74) is 5.52. The maximum atomic E-state index is 11.5. The van der Waals surface area contributed by atoms with E-state index in [1.165, 1.54) is 57.4 Å². The number of hydrogen-bond donors (Lipinski definition) is 6. The van der Waals surface area contributed by atoms with E-state index in [-0.39, 0.29) is 70.5 Å². The Morgan fingerprint density at radius 3 is 1.63 bits per heavy atom. The number of phenolic OH excluding ortho intramolecular Hbond substituents is 6. The lowest BCUT2D eigenvalue weighted by Gasteiger charge is -2.27. The van der Waals surface area contributed by atoms with Gasteiger partial charge in [-0.15, -0.1) is 0 Å². The number of ether oxygens (including phenoxy) is 5. The number of fused-ring (bicyclic) bond motifs is 3. The van der Waals surface area contributed by atoms with Crippen molar-refractivity contribution >= 4 is 28.9 Å². The second kappa shape index (κ2) is 21.2. The van der Waals surface area contributed by atoms with Crippen molar-refractivity contribution in [2.24, 2.45) is 0 Å². The van der Waals surface area contributed by atoms with Gasteiger partial charge in [-0.3, -0.25) is 14.4 Å². The highest BCUT2D eigenvalue weighted by Gasteiger charge is 2.28. The summed E-state index contributed by atoms with van der Waals surface area (Å²) in [6, 6.07) is 31.3. The molecule has 16 heteroatoms. The molecule has 3 heterocycles. The monoisotopic (exact) mass is 932 g/mol. The van der Waals surface area contributed by atoms with Gasteiger partial charge in [-0.2, -0.15) is 0 Å². The molecular formula is C51H45ClO15. The van der Waals surface area contributed by atoms with Crippen LogP contribution in [-0.4, -0.2) is 61.8 Å². The Morgan fingerprint density at radius 2 is 1.03 bits per heavy atom. The third-order valence-electron chi connectivity index (χ3n) is 10.5. The normalized spacial score (nSPS) is 14.3. The molecule has 0 amide bonds. The van der Waals surface area contributed by atoms with Crippen molar-refractivity contribution < 1.29 is 85.5 Å². The fourth-order valence-corrected chi connectivity index (χ4v) is 7.45. The zero-order chi connectivity index (χ0) is 47.1. The standard InChI is InChI=1S/C21H20O7.C15H14O4.C15H10O4.ClH/c1-12(22)26-17-6-4-15(5-7-17)16-8-19-20(25-11-16)9-18(27-13(2)23)10-21(19)28-14(3)24;2*16-11-3-1-9(2-4-11)10-5-13-14(18)6-12(17)7-15(13)19-8-10;/h4-7,9-10,16H,8,11H2,1-3H3;1-4,6-7,10,16-18H,5,8H2;1-8H,(H2-,16,17,18);1H. The van der Waals surface area contributed by atoms with Crippen LogP contribution in [-0.2, 0) is 27.2 Å². The van der Waals surface area contributed by atoms with Gasteiger partial charge in [0, 0.05) is 74.1 Å². The van der Waals surface area contributed by atoms with E-state index in [2.05, 4.69) is 0 Å². The van der Waals surface area contributed by atoms with Gasteiger partial charge in [0.1, 0.15) is 68.6 Å². The van der Waals surface area contributed by atoms with Crippen molar-refractivity contribution in [3.05, 3.63) is 144 Å². The number of phenols is 6. The highest BCUT2D eigenvalue weighted by molar-refractivity contribution is 5.88. The van der Waals surface area contributed by atoms with Crippen molar-refractivity contribution in [1.82, 2.24) is 0 Å². The summed E-state index contributed by atoms with van der Waals surface area (Å²) in [6.07, 6.45) is 2.75. The largest absolute Gasteiger partial charge is 1.00 e. The molecule has 2 aliphatic rings. The van der Waals surface area contributed by atoms with Crippen LogP contribution < -0.4 is 36.1 Å². The summed E-state index contributed by atoms with van der Waals surface area (Å²) in [7, 11) is 0. The number of esters is 3. The molecule has 2 atom stereocenters. The Bertz CT molecular complexity index is 2900. The molecule has 0 radical (unpaired) electrons. The molecule has 0 bridgehead atoms. The zero-order valence-corrected chi connectivity index (χ0v) is 37.0. The molecule has 9 rings (SSSR count). The molecule has 0 aliphatic carbocycles. The van der Waals surface area contributed by atoms with Crippen molar-refractivity contribution in [3.63, 3.8) is 0 Å². The van der Waals surface area contributed by atoms with Crippen molar-refractivity contribution in [1.29, 1.82) is 0 Å². The summed E-state index contributed by atoms with van der Waals surface area (Å²) in [6.45, 7) is 4.84. The molecule has 0 saturated carbocycles. The average Bonchev–Trinajstić information content (AvgIpc) is 3.27. The Kier molecular flexibility index (Phi) is 15.3. The van der Waals surface area contributed by atoms with Crippen molar-refractivity contribution in [3.8, 4) is 74.4 Å². The zero-order valence-electron chi connectivity index (χ0n) is 36.3. The van der Waals surface area contributed by atoms with Gasteiger partial charge in [0.25, 0.3) is 0 Å². The van der Waals surface area contributed by atoms with Gasteiger partial charge in [-0.1, -0.05) is 36.4 Å². The number of rotatable bonds is 6. The number of carbonyl (C=O) groups excluding carboxylic acids is 3. The third kappa shape index (κ3) is 12.3. The molecule has 7 aromatic rings. The number of carbonyl (C=O) groups is 3. The number of aromatic hydroxyl groups is 6. The number of hydrogen-bond acceptors (Lipinski definition) is 14. The fourth-order valence-electron chi connectivity index (χ4n) is 7.45. The summed E-state index contributed by atoms with van der Waals surface area (Å²) in [5.74, 6) is 1.29. The van der Waals surface area contributed by atoms with E-state index in [1.54, 1.807) is 60.7 Å². The van der Waals surface area contributed by atoms with Crippen LogP contribution in [0.1, 0.15) is 54.9 Å². The first kappa shape index (κ1) is 48.3. The van der Waals surface area contributed by atoms with Crippen molar-refractivity contribution in [2.75, 3.05) is 13.2 Å². The molecule has 0 fully saturated rings. The predicted molar refractivity (Wildman–Crippen MR) is 240 cm³/mol. The highest BCUT2D eigenvalue weighted by atomic mass is 35.5. The maximum absolute atomic E-state index is 11.5. The Hall–Kier alpha value is -8.17. The summed E-state index contributed by atoms with van der Waals surface area (Å²) in [4.78, 5) is 33.8. The lowest BCUT2D eigenvalue weighted by atomic mass is 9.90. The minimum atomic E-state index is -0.477. The summed E-state index contributed by atoms with van der Waals surface area (Å²) >= 11 is 0. The van der Waals surface area contributed by atoms with E-state index < -0.39 is 11.9 Å². The summed E-state index contributed by atoms with van der Waals surface area (Å²) in [5, 5.41) is 57.5. The minimum Gasteiger partial charge on any atom is -1.00 e. The second-order valence-electron chi connectivity index (χ2n) is 15.5. The minimum absolute atomic E-state index is 0. The molecule has 0 saturated heterocycles. The topological polar surface area (TPSA) is 230 Å². The molecule has 6 N–H and O–H groups in total. The molecule has 346 valence electrons. The van der Waals surface area contributed by atoms with Gasteiger partial charge >= 0.3 is 29.8 Å². The van der Waals surface area contributed by atoms with Gasteiger partial charge < -0.3 is 66.7 Å². The summed E-state index contributed by atoms with van der Waals surface area (Å²) < 4.78 is 32.3. The van der Waals surface area contributed by atoms with E-state index in [1.807, 2.05) is 24.3 Å². The SMILES string of the molecule is CC(=O)Oc1ccc(C2COc3cc(OC(C)=O)cc(OC(C)=O)c3C2)cc1.Oc1ccc(-c2c[o+]c3cc(O)cc(O)c3c2)cc1.Oc1ccc(C2COc3cc(O)cc(O)c3C2)cc1.[Cl-]. The molecule has 0 spiro atoms. The van der Waals surface area contributed by atoms with E-state index >= 15 is 0 Å². The lowest BCUT2D eigenvalue weighted by Crippen LogP contribution is -3.00. The Labute approximate surface area is 390 Å². The predicted octanol–water partition coefficient (Wildman–Crippen LogP) is 6.21. The maximum Gasteiger partial charge on any atom is 0.367 e. The van der Waals surface area contributed by atoms with Crippen molar-refractivity contribution in [2.45, 2.75) is 45.4 Å². The molecule has 2 unspecified atom stereocenters. The molecule has 6 aromatic carbocycles. The van der Waals surface area contributed by atoms with Crippen LogP contribution in [0.5, 0.6) is 63.2 Å². The number of benzene rings is 6. The fraction of sp³-hybridized carbons (Fsp3) is 0.176. The van der Waals surface area contributed by atoms with E-state index in [0.717, 1.165) is 27.8 Å². The van der Waals surface area contributed by atoms with Gasteiger partial charge in [-0.25, -0.2) is 4.42 Å². The third-order valence-corrected chi connectivity index (χ3v) is 10.5. The molecule has 15 nitrogen and oxygen atoms in total. The van der Waals surface area contributed by atoms with Crippen LogP contribution in [0, 0.1) is 0 Å². The first-order valence-corrected chi connectivity index (χ1v) is 20.6. The molecular weight excluding hydrogens is 888 g/mol. The lowest BCUT2D eigenvalue weighted by molar-refractivity contribution is -0.133. The number of halogens is 1. The Balaban J connectivity index is 0.000000169. The van der Waals surface area contributed by atoms with E-state index in [9.17, 15) is 45.0 Å². The van der Waals surface area contributed by atoms with Gasteiger partial charge in [0.05, 0.1) is 24.8 Å². The van der Waals surface area contributed by atoms with E-state index in [4.69, 9.17) is 28.1 Å². The highest BCUT2D eigenvalue weighted by Crippen LogP contribution is 2.43. The van der Waals surface area contributed by atoms with Crippen LogP contribution in [0.4, 0.5) is 0 Å². The second-order valence-corrected chi connectivity index (χ2v) is 15.5. The van der Waals surface area contributed by atoms with Crippen LogP contribution in [0.25, 0.3) is 22.1 Å². The smallest absolute Gasteiger partial charge is 0.367 e. The molecule has 67 heavy (non-hydrogen) atoms. The molecule has 1 aromatic heterocycles. The van der Waals surface area contributed by atoms with Crippen LogP contribution in [0.15, 0.2) is 126 Å². The molecule has 2 aliphatic heterocycles. The van der Waals surface area contributed by atoms with Gasteiger partial charge in [0.2, 0.25) is 0 Å². The van der Waals surface area contributed by atoms with Crippen LogP contribution in [0.3, 0.4) is 0 Å². The van der Waals surface area contributed by atoms with Gasteiger partial charge in [-0.05, 0) is 72.0 Å². The quantitative estimate of drug-likeness (QED) is 0.0619.